The summed E-state index contributed by atoms with van der Waals surface area (Å²) in [5, 5.41) is 1.08. The number of benzene rings is 1. The zero-order valence-electron chi connectivity index (χ0n) is 16.9. The molecule has 0 amide bonds. The highest BCUT2D eigenvalue weighted by Crippen LogP contribution is 2.28. The lowest BCUT2D eigenvalue weighted by atomic mass is 10.1. The Labute approximate surface area is 178 Å². The molecule has 1 aliphatic rings. The van der Waals surface area contributed by atoms with Crippen LogP contribution in [0.15, 0.2) is 61.2 Å². The molecule has 154 valence electrons. The van der Waals surface area contributed by atoms with Gasteiger partial charge in [0.2, 0.25) is 5.95 Å². The van der Waals surface area contributed by atoms with Crippen LogP contribution >= 0.6 is 0 Å². The van der Waals surface area contributed by atoms with Crippen LogP contribution in [0.25, 0.3) is 33.5 Å². The number of nitrogens with one attached hydrogen (secondary N) is 1. The summed E-state index contributed by atoms with van der Waals surface area (Å²) in [6.07, 6.45) is 5.63. The maximum absolute atomic E-state index is 5.47. The Kier molecular flexibility index (Phi) is 4.35. The molecule has 0 bridgehead atoms. The molecule has 1 aliphatic heterocycles. The van der Waals surface area contributed by atoms with Crippen LogP contribution in [0.1, 0.15) is 5.56 Å². The van der Waals surface area contributed by atoms with Gasteiger partial charge in [0.15, 0.2) is 5.65 Å². The topological polar surface area (TPSA) is 84.8 Å². The van der Waals surface area contributed by atoms with Gasteiger partial charge in [0.25, 0.3) is 0 Å². The van der Waals surface area contributed by atoms with Crippen LogP contribution in [-0.4, -0.2) is 55.8 Å². The lowest BCUT2D eigenvalue weighted by molar-refractivity contribution is 0.122. The molecule has 6 rings (SSSR count). The van der Waals surface area contributed by atoms with E-state index in [9.17, 15) is 0 Å². The van der Waals surface area contributed by atoms with E-state index in [1.807, 2.05) is 12.3 Å². The molecule has 8 heteroatoms. The van der Waals surface area contributed by atoms with Gasteiger partial charge in [-0.05, 0) is 17.7 Å². The first kappa shape index (κ1) is 18.0. The van der Waals surface area contributed by atoms with Crippen molar-refractivity contribution >= 4 is 28.1 Å². The van der Waals surface area contributed by atoms with Crippen molar-refractivity contribution in [3.8, 4) is 11.3 Å². The molecule has 5 heterocycles. The molecule has 1 N–H and O–H groups in total. The molecule has 1 saturated heterocycles. The highest BCUT2D eigenvalue weighted by molar-refractivity contribution is 5.91. The van der Waals surface area contributed by atoms with Crippen molar-refractivity contribution in [3.63, 3.8) is 0 Å². The molecular formula is C23H21N7O. The summed E-state index contributed by atoms with van der Waals surface area (Å²) >= 11 is 0. The first-order chi connectivity index (χ1) is 15.3. The summed E-state index contributed by atoms with van der Waals surface area (Å²) < 4.78 is 7.64. The minimum absolute atomic E-state index is 0.660. The number of ether oxygens (including phenoxy) is 1. The number of hydrogen-bond acceptors (Lipinski definition) is 6. The smallest absolute Gasteiger partial charge is 0.228 e. The Balaban J connectivity index is 1.41. The maximum atomic E-state index is 5.47. The Bertz CT molecular complexity index is 1350. The van der Waals surface area contributed by atoms with Gasteiger partial charge in [0, 0.05) is 43.0 Å². The van der Waals surface area contributed by atoms with E-state index >= 15 is 0 Å². The molecule has 8 nitrogen and oxygen atoms in total. The fourth-order valence-electron chi connectivity index (χ4n) is 4.05. The molecule has 1 aromatic carbocycles. The average Bonchev–Trinajstić information content (AvgIpc) is 3.46. The number of hydrogen-bond donors (Lipinski definition) is 1. The van der Waals surface area contributed by atoms with Crippen molar-refractivity contribution in [2.24, 2.45) is 0 Å². The van der Waals surface area contributed by atoms with E-state index in [0.717, 1.165) is 47.4 Å². The molecule has 31 heavy (non-hydrogen) atoms. The number of rotatable bonds is 4. The molecule has 5 aromatic rings. The lowest BCUT2D eigenvalue weighted by Crippen LogP contribution is -2.37. The zero-order chi connectivity index (χ0) is 20.6. The van der Waals surface area contributed by atoms with Crippen LogP contribution in [0.4, 0.5) is 5.95 Å². The molecule has 0 spiro atoms. The van der Waals surface area contributed by atoms with E-state index in [2.05, 4.69) is 67.0 Å². The van der Waals surface area contributed by atoms with Gasteiger partial charge >= 0.3 is 0 Å². The molecule has 0 unspecified atom stereocenters. The highest BCUT2D eigenvalue weighted by Gasteiger charge is 2.19. The van der Waals surface area contributed by atoms with Crippen LogP contribution in [0.2, 0.25) is 0 Å². The second-order valence-electron chi connectivity index (χ2n) is 7.64. The average molecular weight is 411 g/mol. The summed E-state index contributed by atoms with van der Waals surface area (Å²) in [7, 11) is 0. The number of anilines is 1. The Morgan fingerprint density at radius 3 is 2.74 bits per heavy atom. The number of aromatic amines is 1. The van der Waals surface area contributed by atoms with Crippen LogP contribution in [0.3, 0.4) is 0 Å². The number of fused-ring (bicyclic) bond motifs is 2. The third kappa shape index (κ3) is 3.30. The molecule has 0 saturated carbocycles. The number of pyridine rings is 1. The van der Waals surface area contributed by atoms with Gasteiger partial charge in [0.1, 0.15) is 16.9 Å². The van der Waals surface area contributed by atoms with E-state index in [4.69, 9.17) is 14.7 Å². The molecular weight excluding hydrogens is 390 g/mol. The van der Waals surface area contributed by atoms with Crippen LogP contribution < -0.4 is 4.90 Å². The first-order valence-corrected chi connectivity index (χ1v) is 10.4. The van der Waals surface area contributed by atoms with Gasteiger partial charge in [0.05, 0.1) is 19.5 Å². The Morgan fingerprint density at radius 1 is 1.00 bits per heavy atom. The van der Waals surface area contributed by atoms with Crippen LogP contribution in [0, 0.1) is 0 Å². The monoisotopic (exact) mass is 411 g/mol. The number of imidazole rings is 1. The quantitative estimate of drug-likeness (QED) is 0.489. The van der Waals surface area contributed by atoms with E-state index < -0.39 is 0 Å². The van der Waals surface area contributed by atoms with Gasteiger partial charge < -0.3 is 19.2 Å². The van der Waals surface area contributed by atoms with Crippen molar-refractivity contribution in [2.45, 2.75) is 6.54 Å². The van der Waals surface area contributed by atoms with Crippen molar-refractivity contribution in [3.05, 3.63) is 66.7 Å². The van der Waals surface area contributed by atoms with Crippen molar-refractivity contribution in [1.29, 1.82) is 0 Å². The van der Waals surface area contributed by atoms with E-state index in [-0.39, 0.29) is 0 Å². The molecule has 0 aliphatic carbocycles. The summed E-state index contributed by atoms with van der Waals surface area (Å²) in [4.78, 5) is 24.0. The second kappa shape index (κ2) is 7.48. The molecule has 0 atom stereocenters. The number of aromatic nitrogens is 6. The van der Waals surface area contributed by atoms with E-state index in [0.29, 0.717) is 24.8 Å². The third-order valence-corrected chi connectivity index (χ3v) is 5.64. The molecule has 0 radical (unpaired) electrons. The van der Waals surface area contributed by atoms with Crippen LogP contribution in [0.5, 0.6) is 0 Å². The fraction of sp³-hybridized carbons (Fsp3) is 0.217. The Hall–Kier alpha value is -3.78. The van der Waals surface area contributed by atoms with Gasteiger partial charge in [-0.15, -0.1) is 0 Å². The normalized spacial score (nSPS) is 14.5. The molecule has 1 fully saturated rings. The summed E-state index contributed by atoms with van der Waals surface area (Å²) in [6, 6.07) is 14.6. The Morgan fingerprint density at radius 2 is 1.87 bits per heavy atom. The molecule has 4 aromatic heterocycles. The third-order valence-electron chi connectivity index (χ3n) is 5.64. The summed E-state index contributed by atoms with van der Waals surface area (Å²) in [5.74, 6) is 0.680. The van der Waals surface area contributed by atoms with Gasteiger partial charge in [-0.1, -0.05) is 30.3 Å². The largest absolute Gasteiger partial charge is 0.378 e. The maximum Gasteiger partial charge on any atom is 0.228 e. The van der Waals surface area contributed by atoms with Crippen molar-refractivity contribution in [2.75, 3.05) is 31.2 Å². The van der Waals surface area contributed by atoms with Gasteiger partial charge in [-0.3, -0.25) is 0 Å². The fourth-order valence-corrected chi connectivity index (χ4v) is 4.05. The lowest BCUT2D eigenvalue weighted by Gasteiger charge is -2.26. The summed E-state index contributed by atoms with van der Waals surface area (Å²) in [6.45, 7) is 3.69. The van der Waals surface area contributed by atoms with E-state index in [1.54, 1.807) is 6.33 Å². The second-order valence-corrected chi connectivity index (χ2v) is 7.64. The van der Waals surface area contributed by atoms with Crippen molar-refractivity contribution in [1.82, 2.24) is 29.5 Å². The minimum Gasteiger partial charge on any atom is -0.378 e. The summed E-state index contributed by atoms with van der Waals surface area (Å²) in [5.41, 5.74) is 5.44. The number of morpholine rings is 1. The first-order valence-electron chi connectivity index (χ1n) is 10.4. The number of nitrogens with zero attached hydrogens (tertiary/aromatic N) is 6. The van der Waals surface area contributed by atoms with Gasteiger partial charge in [-0.25, -0.2) is 15.0 Å². The minimum atomic E-state index is 0.660. The van der Waals surface area contributed by atoms with E-state index in [1.165, 1.54) is 5.56 Å². The van der Waals surface area contributed by atoms with Crippen molar-refractivity contribution < 1.29 is 4.74 Å². The predicted molar refractivity (Wildman–Crippen MR) is 119 cm³/mol. The van der Waals surface area contributed by atoms with Crippen LogP contribution in [-0.2, 0) is 11.3 Å². The van der Waals surface area contributed by atoms with Gasteiger partial charge in [-0.2, -0.15) is 4.98 Å². The highest BCUT2D eigenvalue weighted by atomic mass is 16.5. The SMILES string of the molecule is c1ccc(Cn2ccc3cc(-c4nc(N5CCOCC5)nc5nc[nH]c45)cnc32)cc1. The number of H-pyrrole nitrogens is 1. The standard InChI is InChI=1S/C23H21N7O/c1-2-4-16(5-3-1)14-30-7-6-17-12-18(13-24-22(17)30)19-20-21(26-15-25-20)28-23(27-19)29-8-10-31-11-9-29/h1-7,12-13,15H,8-11,14H2,(H,25,26,27,28). The predicted octanol–water partition coefficient (Wildman–Crippen LogP) is 3.25. The zero-order valence-corrected chi connectivity index (χ0v) is 16.9.